The first-order valence-electron chi connectivity index (χ1n) is 8.33. The van der Waals surface area contributed by atoms with E-state index in [1.807, 2.05) is 0 Å². The summed E-state index contributed by atoms with van der Waals surface area (Å²) in [6, 6.07) is 12.8. The fourth-order valence-corrected chi connectivity index (χ4v) is 2.41. The number of para-hydroxylation sites is 2. The van der Waals surface area contributed by atoms with Crippen LogP contribution in [-0.2, 0) is 9.59 Å². The number of ether oxygens (including phenoxy) is 2. The maximum absolute atomic E-state index is 12.4. The third kappa shape index (κ3) is 6.84. The van der Waals surface area contributed by atoms with Gasteiger partial charge >= 0.3 is 6.61 Å². The number of benzene rings is 2. The lowest BCUT2D eigenvalue weighted by Gasteiger charge is -2.17. The second-order valence-corrected chi connectivity index (χ2v) is 5.88. The molecule has 0 heterocycles. The number of hydrogen-bond donors (Lipinski definition) is 2. The van der Waals surface area contributed by atoms with Gasteiger partial charge < -0.3 is 20.1 Å². The molecule has 0 spiro atoms. The Hall–Kier alpha value is -3.20. The van der Waals surface area contributed by atoms with Crippen LogP contribution in [0.5, 0.6) is 11.5 Å². The van der Waals surface area contributed by atoms with Gasteiger partial charge in [0.05, 0.1) is 25.9 Å². The third-order valence-electron chi connectivity index (χ3n) is 3.56. The van der Waals surface area contributed by atoms with Crippen LogP contribution in [0.3, 0.4) is 0 Å². The Labute approximate surface area is 161 Å². The van der Waals surface area contributed by atoms with Gasteiger partial charge in [-0.15, -0.1) is 0 Å². The first-order chi connectivity index (χ1) is 13.4. The molecule has 0 bridgehead atoms. The summed E-state index contributed by atoms with van der Waals surface area (Å²) in [5, 5.41) is 5.20. The van der Waals surface area contributed by atoms with E-state index in [1.165, 1.54) is 30.2 Å². The summed E-state index contributed by atoms with van der Waals surface area (Å²) in [7, 11) is 3.12. The SMILES string of the molecule is COc1cccc(NC(=O)CN(C)CC(=O)Nc2ccccc2OC(F)F)c1. The summed E-state index contributed by atoms with van der Waals surface area (Å²) in [4.78, 5) is 25.7. The molecule has 0 fully saturated rings. The summed E-state index contributed by atoms with van der Waals surface area (Å²) in [6.07, 6.45) is 0. The maximum atomic E-state index is 12.4. The van der Waals surface area contributed by atoms with Crippen molar-refractivity contribution in [3.05, 3.63) is 48.5 Å². The van der Waals surface area contributed by atoms with E-state index >= 15 is 0 Å². The quantitative estimate of drug-likeness (QED) is 0.685. The Kier molecular flexibility index (Phi) is 7.70. The van der Waals surface area contributed by atoms with Gasteiger partial charge in [0.15, 0.2) is 0 Å². The number of rotatable bonds is 9. The van der Waals surface area contributed by atoms with E-state index in [1.54, 1.807) is 37.4 Å². The fourth-order valence-electron chi connectivity index (χ4n) is 2.41. The first-order valence-corrected chi connectivity index (χ1v) is 8.33. The second kappa shape index (κ2) is 10.2. The molecule has 2 rings (SSSR count). The average molecular weight is 393 g/mol. The minimum Gasteiger partial charge on any atom is -0.497 e. The largest absolute Gasteiger partial charge is 0.497 e. The van der Waals surface area contributed by atoms with Gasteiger partial charge in [0, 0.05) is 11.8 Å². The van der Waals surface area contributed by atoms with Gasteiger partial charge in [-0.1, -0.05) is 18.2 Å². The smallest absolute Gasteiger partial charge is 0.387 e. The van der Waals surface area contributed by atoms with Crippen molar-refractivity contribution in [1.29, 1.82) is 0 Å². The topological polar surface area (TPSA) is 79.9 Å². The molecule has 0 aliphatic heterocycles. The Morgan fingerprint density at radius 1 is 1.04 bits per heavy atom. The zero-order valence-electron chi connectivity index (χ0n) is 15.4. The lowest BCUT2D eigenvalue weighted by molar-refractivity contribution is -0.119. The van der Waals surface area contributed by atoms with Gasteiger partial charge in [-0.25, -0.2) is 0 Å². The zero-order valence-corrected chi connectivity index (χ0v) is 15.4. The van der Waals surface area contributed by atoms with Crippen LogP contribution < -0.4 is 20.1 Å². The lowest BCUT2D eigenvalue weighted by atomic mass is 10.3. The number of amides is 2. The fraction of sp³-hybridized carbons (Fsp3) is 0.263. The molecule has 0 saturated heterocycles. The minimum absolute atomic E-state index is 0.0419. The molecule has 0 unspecified atom stereocenters. The molecule has 0 aromatic heterocycles. The highest BCUT2D eigenvalue weighted by molar-refractivity contribution is 5.95. The normalized spacial score (nSPS) is 10.6. The highest BCUT2D eigenvalue weighted by Gasteiger charge is 2.14. The number of hydrogen-bond acceptors (Lipinski definition) is 5. The molecule has 0 aliphatic carbocycles. The molecule has 0 atom stereocenters. The summed E-state index contributed by atoms with van der Waals surface area (Å²) in [6.45, 7) is -3.16. The molecule has 2 aromatic carbocycles. The van der Waals surface area contributed by atoms with Crippen molar-refractivity contribution >= 4 is 23.2 Å². The van der Waals surface area contributed by atoms with Gasteiger partial charge in [-0.3, -0.25) is 14.5 Å². The Bertz CT molecular complexity index is 817. The number of nitrogens with one attached hydrogen (secondary N) is 2. The van der Waals surface area contributed by atoms with Crippen molar-refractivity contribution in [2.24, 2.45) is 0 Å². The van der Waals surface area contributed by atoms with Crippen LogP contribution in [0, 0.1) is 0 Å². The van der Waals surface area contributed by atoms with Crippen molar-refractivity contribution < 1.29 is 27.8 Å². The molecular weight excluding hydrogens is 372 g/mol. The van der Waals surface area contributed by atoms with Crippen LogP contribution in [0.15, 0.2) is 48.5 Å². The van der Waals surface area contributed by atoms with Crippen molar-refractivity contribution in [3.8, 4) is 11.5 Å². The Morgan fingerprint density at radius 2 is 1.71 bits per heavy atom. The van der Waals surface area contributed by atoms with E-state index in [0.29, 0.717) is 11.4 Å². The van der Waals surface area contributed by atoms with Crippen LogP contribution in [0.4, 0.5) is 20.2 Å². The minimum atomic E-state index is -3.00. The molecule has 150 valence electrons. The van der Waals surface area contributed by atoms with Crippen molar-refractivity contribution in [2.75, 3.05) is 37.9 Å². The van der Waals surface area contributed by atoms with E-state index in [0.717, 1.165) is 0 Å². The summed E-state index contributed by atoms with van der Waals surface area (Å²) in [5.41, 5.74) is 0.697. The lowest BCUT2D eigenvalue weighted by Crippen LogP contribution is -2.36. The van der Waals surface area contributed by atoms with Crippen molar-refractivity contribution in [2.45, 2.75) is 6.61 Å². The molecule has 0 radical (unpaired) electrons. The number of nitrogens with zero attached hydrogens (tertiary/aromatic N) is 1. The summed E-state index contributed by atoms with van der Waals surface area (Å²) in [5.74, 6) is -0.313. The van der Waals surface area contributed by atoms with Crippen LogP contribution in [0.2, 0.25) is 0 Å². The number of likely N-dealkylation sites (N-methyl/N-ethyl adjacent to an activating group) is 1. The van der Waals surface area contributed by atoms with E-state index in [2.05, 4.69) is 15.4 Å². The molecule has 0 aliphatic rings. The van der Waals surface area contributed by atoms with E-state index in [9.17, 15) is 18.4 Å². The molecule has 2 N–H and O–H groups in total. The van der Waals surface area contributed by atoms with Crippen LogP contribution in [-0.4, -0.2) is 50.6 Å². The van der Waals surface area contributed by atoms with Gasteiger partial charge in [-0.2, -0.15) is 8.78 Å². The standard InChI is InChI=1S/C19H21F2N3O4/c1-24(11-17(25)22-13-6-5-7-14(10-13)27-2)12-18(26)23-15-8-3-4-9-16(15)28-19(20)21/h3-10,19H,11-12H2,1-2H3,(H,22,25)(H,23,26). The van der Waals surface area contributed by atoms with Crippen molar-refractivity contribution in [3.63, 3.8) is 0 Å². The van der Waals surface area contributed by atoms with Gasteiger partial charge in [0.1, 0.15) is 11.5 Å². The number of carbonyl (C=O) groups excluding carboxylic acids is 2. The highest BCUT2D eigenvalue weighted by Crippen LogP contribution is 2.25. The number of carbonyl (C=O) groups is 2. The van der Waals surface area contributed by atoms with Crippen LogP contribution in [0.25, 0.3) is 0 Å². The molecular formula is C19H21F2N3O4. The number of alkyl halides is 2. The van der Waals surface area contributed by atoms with E-state index in [-0.39, 0.29) is 30.4 Å². The predicted octanol–water partition coefficient (Wildman–Crippen LogP) is 2.81. The molecule has 2 aromatic rings. The predicted molar refractivity (Wildman–Crippen MR) is 101 cm³/mol. The van der Waals surface area contributed by atoms with Gasteiger partial charge in [0.2, 0.25) is 11.8 Å². The number of anilines is 2. The van der Waals surface area contributed by atoms with Gasteiger partial charge in [0.25, 0.3) is 0 Å². The van der Waals surface area contributed by atoms with Gasteiger partial charge in [-0.05, 0) is 31.3 Å². The summed E-state index contributed by atoms with van der Waals surface area (Å²) >= 11 is 0. The Balaban J connectivity index is 1.86. The molecule has 28 heavy (non-hydrogen) atoms. The zero-order chi connectivity index (χ0) is 20.5. The Morgan fingerprint density at radius 3 is 2.39 bits per heavy atom. The monoisotopic (exact) mass is 393 g/mol. The maximum Gasteiger partial charge on any atom is 0.387 e. The first kappa shape index (κ1) is 21.1. The molecule has 9 heteroatoms. The van der Waals surface area contributed by atoms with E-state index < -0.39 is 12.5 Å². The molecule has 7 nitrogen and oxygen atoms in total. The number of halogens is 2. The second-order valence-electron chi connectivity index (χ2n) is 5.88. The number of methoxy groups -OCH3 is 1. The highest BCUT2D eigenvalue weighted by atomic mass is 19.3. The van der Waals surface area contributed by atoms with Crippen molar-refractivity contribution in [1.82, 2.24) is 4.90 Å². The van der Waals surface area contributed by atoms with E-state index in [4.69, 9.17) is 4.74 Å². The van der Waals surface area contributed by atoms with Crippen LogP contribution >= 0.6 is 0 Å². The molecule has 2 amide bonds. The average Bonchev–Trinajstić information content (AvgIpc) is 2.62. The molecule has 0 saturated carbocycles. The van der Waals surface area contributed by atoms with Crippen LogP contribution in [0.1, 0.15) is 0 Å². The third-order valence-corrected chi connectivity index (χ3v) is 3.56. The summed E-state index contributed by atoms with van der Waals surface area (Å²) < 4.78 is 34.3.